The molecule has 0 saturated carbocycles. The molecule has 9 rings (SSSR count). The maximum atomic E-state index is 2.51. The fraction of sp³-hybridized carbons (Fsp3) is 0.0526. The average molecular weight is 496 g/mol. The normalized spacial score (nSPS) is 12.3. The Morgan fingerprint density at radius 3 is 1.15 bits per heavy atom. The van der Waals surface area contributed by atoms with Crippen molar-refractivity contribution in [2.24, 2.45) is 0 Å². The van der Waals surface area contributed by atoms with Crippen LogP contribution in [0.4, 0.5) is 0 Å². The summed E-state index contributed by atoms with van der Waals surface area (Å²) in [6, 6.07) is 45.3. The molecule has 1 nitrogen and oxygen atoms in total. The standard InChI is InChI=1S/C38H25N/c1-2-39-31-21-19-27-17-15-25-13-11-23-7-3-5-9-29(23)33(25)35(27)37(31)38-32(39)22-20-28-18-16-26-14-12-24-8-4-6-10-30(24)34(26)36(28)38/h3-22H,2H2,1H3. The van der Waals surface area contributed by atoms with Gasteiger partial charge in [-0.2, -0.15) is 0 Å². The molecule has 0 fully saturated rings. The number of rotatable bonds is 1. The summed E-state index contributed by atoms with van der Waals surface area (Å²) in [5, 5.41) is 18.6. The van der Waals surface area contributed by atoms with Crippen molar-refractivity contribution in [3.8, 4) is 0 Å². The molecule has 0 unspecified atom stereocenters. The number of hydrogen-bond acceptors (Lipinski definition) is 0. The SMILES string of the molecule is CCn1c2ccc3ccc4ccc5ccccc5c4c3c2c2c3c(ccc4ccc5ccccc5c43)ccc21. The van der Waals surface area contributed by atoms with Gasteiger partial charge in [0.2, 0.25) is 0 Å². The highest BCUT2D eigenvalue weighted by molar-refractivity contribution is 6.39. The predicted molar refractivity (Wildman–Crippen MR) is 170 cm³/mol. The van der Waals surface area contributed by atoms with Gasteiger partial charge in [-0.15, -0.1) is 0 Å². The van der Waals surface area contributed by atoms with Crippen LogP contribution in [0.3, 0.4) is 0 Å². The maximum Gasteiger partial charge on any atom is 0.0498 e. The summed E-state index contributed by atoms with van der Waals surface area (Å²) in [5.41, 5.74) is 2.62. The highest BCUT2D eigenvalue weighted by Gasteiger charge is 2.19. The summed E-state index contributed by atoms with van der Waals surface area (Å²) in [7, 11) is 0. The molecule has 0 amide bonds. The molecule has 0 bridgehead atoms. The highest BCUT2D eigenvalue weighted by Crippen LogP contribution is 2.45. The average Bonchev–Trinajstić information content (AvgIpc) is 3.34. The second-order valence-electron chi connectivity index (χ2n) is 10.8. The maximum absolute atomic E-state index is 2.51. The van der Waals surface area contributed by atoms with Crippen molar-refractivity contribution in [2.75, 3.05) is 0 Å². The molecule has 1 heterocycles. The van der Waals surface area contributed by atoms with Gasteiger partial charge in [0.1, 0.15) is 0 Å². The van der Waals surface area contributed by atoms with Gasteiger partial charge in [-0.3, -0.25) is 0 Å². The second-order valence-corrected chi connectivity index (χ2v) is 10.8. The Morgan fingerprint density at radius 2 is 0.718 bits per heavy atom. The van der Waals surface area contributed by atoms with Gasteiger partial charge >= 0.3 is 0 Å². The van der Waals surface area contributed by atoms with Crippen LogP contribution in [0, 0.1) is 0 Å². The lowest BCUT2D eigenvalue weighted by Crippen LogP contribution is -1.93. The summed E-state index contributed by atoms with van der Waals surface area (Å²) in [5.74, 6) is 0. The van der Waals surface area contributed by atoms with Gasteiger partial charge in [0.05, 0.1) is 0 Å². The smallest absolute Gasteiger partial charge is 0.0498 e. The number of aromatic nitrogens is 1. The Labute approximate surface area is 225 Å². The van der Waals surface area contributed by atoms with Gasteiger partial charge in [0, 0.05) is 39.1 Å². The van der Waals surface area contributed by atoms with E-state index in [0.29, 0.717) is 0 Å². The van der Waals surface area contributed by atoms with Crippen LogP contribution in [0.5, 0.6) is 0 Å². The molecule has 0 atom stereocenters. The largest absolute Gasteiger partial charge is 0.341 e. The number of benzene rings is 8. The van der Waals surface area contributed by atoms with Crippen molar-refractivity contribution in [1.82, 2.24) is 4.57 Å². The first-order chi connectivity index (χ1) is 19.3. The molecular formula is C38H25N. The van der Waals surface area contributed by atoms with Crippen LogP contribution in [0.1, 0.15) is 6.92 Å². The van der Waals surface area contributed by atoms with Crippen LogP contribution < -0.4 is 0 Å². The van der Waals surface area contributed by atoms with E-state index in [2.05, 4.69) is 133 Å². The summed E-state index contributed by atoms with van der Waals surface area (Å²) >= 11 is 0. The molecule has 1 aromatic heterocycles. The third kappa shape index (κ3) is 2.69. The number of aryl methyl sites for hydroxylation is 1. The molecule has 8 aromatic carbocycles. The molecule has 39 heavy (non-hydrogen) atoms. The van der Waals surface area contributed by atoms with Crippen LogP contribution in [0.25, 0.3) is 86.4 Å². The van der Waals surface area contributed by atoms with Crippen LogP contribution >= 0.6 is 0 Å². The van der Waals surface area contributed by atoms with Crippen LogP contribution in [0.15, 0.2) is 121 Å². The lowest BCUT2D eigenvalue weighted by molar-refractivity contribution is 0.827. The third-order valence-corrected chi connectivity index (χ3v) is 8.89. The number of nitrogens with zero attached hydrogens (tertiary/aromatic N) is 1. The molecule has 9 aromatic rings. The zero-order chi connectivity index (χ0) is 25.7. The van der Waals surface area contributed by atoms with E-state index in [1.807, 2.05) is 0 Å². The number of fused-ring (bicyclic) bond motifs is 15. The van der Waals surface area contributed by atoms with Crippen LogP contribution in [-0.2, 0) is 6.54 Å². The van der Waals surface area contributed by atoms with Crippen molar-refractivity contribution >= 4 is 86.4 Å². The Morgan fingerprint density at radius 1 is 0.359 bits per heavy atom. The first kappa shape index (κ1) is 21.1. The van der Waals surface area contributed by atoms with E-state index >= 15 is 0 Å². The summed E-state index contributed by atoms with van der Waals surface area (Å²) in [6.07, 6.45) is 0. The molecule has 0 radical (unpaired) electrons. The van der Waals surface area contributed by atoms with Gasteiger partial charge in [-0.05, 0) is 72.9 Å². The predicted octanol–water partition coefficient (Wildman–Crippen LogP) is 10.7. The van der Waals surface area contributed by atoms with Gasteiger partial charge in [-0.1, -0.05) is 109 Å². The van der Waals surface area contributed by atoms with Gasteiger partial charge in [0.25, 0.3) is 0 Å². The fourth-order valence-corrected chi connectivity index (χ4v) is 7.23. The lowest BCUT2D eigenvalue weighted by atomic mass is 9.90. The van der Waals surface area contributed by atoms with E-state index in [-0.39, 0.29) is 0 Å². The van der Waals surface area contributed by atoms with Gasteiger partial charge in [-0.25, -0.2) is 0 Å². The molecule has 0 aliphatic carbocycles. The lowest BCUT2D eigenvalue weighted by Gasteiger charge is -2.12. The Bertz CT molecular complexity index is 2290. The minimum atomic E-state index is 0.925. The Kier molecular flexibility index (Phi) is 4.10. The summed E-state index contributed by atoms with van der Waals surface area (Å²) in [4.78, 5) is 0. The molecule has 1 heteroatoms. The van der Waals surface area contributed by atoms with Gasteiger partial charge < -0.3 is 4.57 Å². The Balaban J connectivity index is 1.68. The van der Waals surface area contributed by atoms with E-state index in [9.17, 15) is 0 Å². The van der Waals surface area contributed by atoms with E-state index < -0.39 is 0 Å². The van der Waals surface area contributed by atoms with Gasteiger partial charge in [0.15, 0.2) is 0 Å². The van der Waals surface area contributed by atoms with Crippen molar-refractivity contribution in [3.63, 3.8) is 0 Å². The van der Waals surface area contributed by atoms with E-state index in [0.717, 1.165) is 6.54 Å². The Hall–Kier alpha value is -4.88. The van der Waals surface area contributed by atoms with Crippen molar-refractivity contribution in [2.45, 2.75) is 13.5 Å². The molecule has 0 saturated heterocycles. The first-order valence-corrected chi connectivity index (χ1v) is 13.8. The highest BCUT2D eigenvalue weighted by atomic mass is 15.0. The molecule has 0 spiro atoms. The monoisotopic (exact) mass is 495 g/mol. The van der Waals surface area contributed by atoms with E-state index in [1.165, 1.54) is 86.4 Å². The molecular weight excluding hydrogens is 470 g/mol. The third-order valence-electron chi connectivity index (χ3n) is 8.89. The minimum Gasteiger partial charge on any atom is -0.341 e. The number of hydrogen-bond donors (Lipinski definition) is 0. The van der Waals surface area contributed by atoms with Crippen molar-refractivity contribution in [1.29, 1.82) is 0 Å². The molecule has 0 aliphatic rings. The first-order valence-electron chi connectivity index (χ1n) is 13.8. The second kappa shape index (κ2) is 7.58. The fourth-order valence-electron chi connectivity index (χ4n) is 7.23. The van der Waals surface area contributed by atoms with Crippen LogP contribution in [0.2, 0.25) is 0 Å². The summed E-state index contributed by atoms with van der Waals surface area (Å²) < 4.78 is 2.51. The topological polar surface area (TPSA) is 4.93 Å². The zero-order valence-electron chi connectivity index (χ0n) is 21.7. The van der Waals surface area contributed by atoms with Crippen LogP contribution in [-0.4, -0.2) is 4.57 Å². The van der Waals surface area contributed by atoms with E-state index in [4.69, 9.17) is 0 Å². The van der Waals surface area contributed by atoms with E-state index in [1.54, 1.807) is 0 Å². The summed E-state index contributed by atoms with van der Waals surface area (Å²) in [6.45, 7) is 3.19. The van der Waals surface area contributed by atoms with Crippen molar-refractivity contribution < 1.29 is 0 Å². The minimum absolute atomic E-state index is 0.925. The molecule has 0 N–H and O–H groups in total. The molecule has 0 aliphatic heterocycles. The quantitative estimate of drug-likeness (QED) is 0.200. The van der Waals surface area contributed by atoms with Crippen molar-refractivity contribution in [3.05, 3.63) is 121 Å². The zero-order valence-corrected chi connectivity index (χ0v) is 21.7. The molecule has 182 valence electrons.